The van der Waals surface area contributed by atoms with Gasteiger partial charge in [-0.1, -0.05) is 29.8 Å². The molecule has 3 N–H and O–H groups in total. The van der Waals surface area contributed by atoms with Crippen LogP contribution in [0.2, 0.25) is 5.02 Å². The molecule has 0 unspecified atom stereocenters. The molecule has 148 valence electrons. The summed E-state index contributed by atoms with van der Waals surface area (Å²) in [5.41, 5.74) is 7.17. The predicted molar refractivity (Wildman–Crippen MR) is 101 cm³/mol. The molecule has 1 heterocycles. The minimum Gasteiger partial charge on any atom is -0.435 e. The number of alkyl halides is 2. The number of halogens is 3. The molecule has 2 aromatic carbocycles. The molecule has 1 aliphatic heterocycles. The second-order valence-corrected chi connectivity index (χ2v) is 6.81. The number of ether oxygens (including phenoxy) is 1. The van der Waals surface area contributed by atoms with Crippen molar-refractivity contribution in [3.8, 4) is 5.75 Å². The molecule has 0 radical (unpaired) electrons. The predicted octanol–water partition coefficient (Wildman–Crippen LogP) is 3.63. The van der Waals surface area contributed by atoms with Crippen LogP contribution in [0.15, 0.2) is 42.5 Å². The Morgan fingerprint density at radius 1 is 1.32 bits per heavy atom. The van der Waals surface area contributed by atoms with E-state index in [4.69, 9.17) is 17.3 Å². The number of nitrogens with zero attached hydrogens (tertiary/aromatic N) is 1. The number of urea groups is 1. The van der Waals surface area contributed by atoms with Gasteiger partial charge in [0, 0.05) is 17.1 Å². The number of carbonyl (C=O) groups is 2. The van der Waals surface area contributed by atoms with Crippen LogP contribution in [0.5, 0.6) is 5.75 Å². The smallest absolute Gasteiger partial charge is 0.387 e. The summed E-state index contributed by atoms with van der Waals surface area (Å²) in [4.78, 5) is 25.9. The summed E-state index contributed by atoms with van der Waals surface area (Å²) in [5.74, 6) is -0.386. The van der Waals surface area contributed by atoms with Crippen LogP contribution < -0.4 is 20.7 Å². The Labute approximate surface area is 165 Å². The highest BCUT2D eigenvalue weighted by atomic mass is 35.5. The number of anilines is 1. The lowest BCUT2D eigenvalue weighted by atomic mass is 9.94. The number of nitrogens with one attached hydrogen (secondary N) is 1. The van der Waals surface area contributed by atoms with E-state index in [9.17, 15) is 18.4 Å². The van der Waals surface area contributed by atoms with Gasteiger partial charge in [0.2, 0.25) is 0 Å². The number of hydrogen-bond donors (Lipinski definition) is 2. The van der Waals surface area contributed by atoms with Gasteiger partial charge in [-0.25, -0.2) is 4.79 Å². The van der Waals surface area contributed by atoms with E-state index in [1.807, 2.05) is 0 Å². The van der Waals surface area contributed by atoms with Crippen molar-refractivity contribution < 1.29 is 23.1 Å². The first-order valence-corrected chi connectivity index (χ1v) is 8.86. The molecule has 28 heavy (non-hydrogen) atoms. The minimum absolute atomic E-state index is 0.0121. The lowest BCUT2D eigenvalue weighted by Crippen LogP contribution is -2.54. The van der Waals surface area contributed by atoms with Gasteiger partial charge in [0.1, 0.15) is 11.8 Å². The molecule has 0 spiro atoms. The lowest BCUT2D eigenvalue weighted by Gasteiger charge is -2.38. The molecule has 0 aliphatic carbocycles. The highest BCUT2D eigenvalue weighted by Crippen LogP contribution is 2.37. The SMILES string of the molecule is C[C@@H](c1cccc(OC(F)F)c1)N1C(=O)[C@H](NC(N)=O)Cc2ccc(Cl)cc21. The van der Waals surface area contributed by atoms with Crippen LogP contribution in [0.25, 0.3) is 0 Å². The Morgan fingerprint density at radius 3 is 2.75 bits per heavy atom. The molecular weight excluding hydrogens is 392 g/mol. The van der Waals surface area contributed by atoms with Crippen molar-refractivity contribution in [2.75, 3.05) is 4.90 Å². The lowest BCUT2D eigenvalue weighted by molar-refractivity contribution is -0.121. The van der Waals surface area contributed by atoms with Gasteiger partial charge < -0.3 is 20.7 Å². The molecule has 0 saturated heterocycles. The Kier molecular flexibility index (Phi) is 5.69. The molecule has 2 aromatic rings. The molecule has 3 rings (SSSR count). The molecule has 0 bridgehead atoms. The molecule has 0 aromatic heterocycles. The van der Waals surface area contributed by atoms with Gasteiger partial charge in [0.25, 0.3) is 5.91 Å². The Bertz CT molecular complexity index is 910. The molecule has 3 amide bonds. The van der Waals surface area contributed by atoms with Crippen molar-refractivity contribution in [3.05, 3.63) is 58.6 Å². The van der Waals surface area contributed by atoms with E-state index in [1.165, 1.54) is 17.0 Å². The Morgan fingerprint density at radius 2 is 2.07 bits per heavy atom. The molecule has 1 aliphatic rings. The van der Waals surface area contributed by atoms with Crippen LogP contribution in [0, 0.1) is 0 Å². The van der Waals surface area contributed by atoms with Crippen LogP contribution in [0.3, 0.4) is 0 Å². The second kappa shape index (κ2) is 8.02. The van der Waals surface area contributed by atoms with Crippen LogP contribution in [-0.4, -0.2) is 24.6 Å². The fourth-order valence-corrected chi connectivity index (χ4v) is 3.48. The quantitative estimate of drug-likeness (QED) is 0.790. The van der Waals surface area contributed by atoms with Gasteiger partial charge in [0.15, 0.2) is 0 Å². The third-order valence-corrected chi connectivity index (χ3v) is 4.77. The van der Waals surface area contributed by atoms with Gasteiger partial charge in [0.05, 0.1) is 6.04 Å². The monoisotopic (exact) mass is 409 g/mol. The maximum Gasteiger partial charge on any atom is 0.387 e. The van der Waals surface area contributed by atoms with Crippen molar-refractivity contribution in [2.45, 2.75) is 32.0 Å². The summed E-state index contributed by atoms with van der Waals surface area (Å²) in [6.45, 7) is -1.21. The van der Waals surface area contributed by atoms with E-state index in [-0.39, 0.29) is 18.1 Å². The normalized spacial score (nSPS) is 17.2. The number of carbonyl (C=O) groups excluding carboxylic acids is 2. The third kappa shape index (κ3) is 4.17. The number of nitrogens with two attached hydrogens (primary N) is 1. The van der Waals surface area contributed by atoms with Crippen molar-refractivity contribution in [3.63, 3.8) is 0 Å². The molecule has 9 heteroatoms. The van der Waals surface area contributed by atoms with E-state index in [0.29, 0.717) is 16.3 Å². The average molecular weight is 410 g/mol. The first kappa shape index (κ1) is 19.9. The van der Waals surface area contributed by atoms with Gasteiger partial charge in [-0.2, -0.15) is 8.78 Å². The fourth-order valence-electron chi connectivity index (χ4n) is 3.31. The Balaban J connectivity index is 2.01. The van der Waals surface area contributed by atoms with Gasteiger partial charge >= 0.3 is 12.6 Å². The van der Waals surface area contributed by atoms with E-state index >= 15 is 0 Å². The summed E-state index contributed by atoms with van der Waals surface area (Å²) >= 11 is 6.11. The molecule has 0 fully saturated rings. The number of amides is 3. The summed E-state index contributed by atoms with van der Waals surface area (Å²) < 4.78 is 29.5. The molecular formula is C19H18ClF2N3O3. The van der Waals surface area contributed by atoms with Crippen LogP contribution >= 0.6 is 11.6 Å². The summed E-state index contributed by atoms with van der Waals surface area (Å²) in [6, 6.07) is 9.05. The van der Waals surface area contributed by atoms with Crippen molar-refractivity contribution >= 4 is 29.2 Å². The van der Waals surface area contributed by atoms with E-state index in [2.05, 4.69) is 10.1 Å². The number of benzene rings is 2. The van der Waals surface area contributed by atoms with E-state index in [1.54, 1.807) is 37.3 Å². The minimum atomic E-state index is -2.95. The zero-order valence-corrected chi connectivity index (χ0v) is 15.6. The van der Waals surface area contributed by atoms with Crippen LogP contribution in [-0.2, 0) is 11.2 Å². The summed E-state index contributed by atoms with van der Waals surface area (Å²) in [7, 11) is 0. The second-order valence-electron chi connectivity index (χ2n) is 6.37. The average Bonchev–Trinajstić information content (AvgIpc) is 2.61. The van der Waals surface area contributed by atoms with Crippen molar-refractivity contribution in [2.24, 2.45) is 5.73 Å². The topological polar surface area (TPSA) is 84.7 Å². The molecule has 0 saturated carbocycles. The van der Waals surface area contributed by atoms with Crippen LogP contribution in [0.4, 0.5) is 19.3 Å². The third-order valence-electron chi connectivity index (χ3n) is 4.54. The van der Waals surface area contributed by atoms with Gasteiger partial charge in [-0.3, -0.25) is 4.79 Å². The highest BCUT2D eigenvalue weighted by molar-refractivity contribution is 6.31. The van der Waals surface area contributed by atoms with Crippen LogP contribution in [0.1, 0.15) is 24.1 Å². The first-order valence-electron chi connectivity index (χ1n) is 8.48. The molecule has 2 atom stereocenters. The standard InChI is InChI=1S/C19H18ClF2N3O3/c1-10(11-3-2-4-14(7-11)28-18(21)22)25-16-9-13(20)6-5-12(16)8-15(17(25)26)24-19(23)27/h2-7,9-10,15,18H,8H2,1H3,(H3,23,24,27)/t10-,15+/m0/s1. The first-order chi connectivity index (χ1) is 13.3. The zero-order valence-electron chi connectivity index (χ0n) is 14.9. The molecule has 6 nitrogen and oxygen atoms in total. The van der Waals surface area contributed by atoms with E-state index in [0.717, 1.165) is 5.56 Å². The van der Waals surface area contributed by atoms with E-state index < -0.39 is 24.7 Å². The summed E-state index contributed by atoms with van der Waals surface area (Å²) in [6.07, 6.45) is 0.270. The highest BCUT2D eigenvalue weighted by Gasteiger charge is 2.36. The number of hydrogen-bond acceptors (Lipinski definition) is 3. The summed E-state index contributed by atoms with van der Waals surface area (Å²) in [5, 5.41) is 2.90. The maximum atomic E-state index is 13.1. The maximum absolute atomic E-state index is 13.1. The number of primary amides is 1. The van der Waals surface area contributed by atoms with Gasteiger partial charge in [-0.05, 0) is 42.3 Å². The van der Waals surface area contributed by atoms with Crippen molar-refractivity contribution in [1.82, 2.24) is 5.32 Å². The largest absolute Gasteiger partial charge is 0.435 e. The Hall–Kier alpha value is -2.87. The van der Waals surface area contributed by atoms with Crippen molar-refractivity contribution in [1.29, 1.82) is 0 Å². The van der Waals surface area contributed by atoms with Gasteiger partial charge in [-0.15, -0.1) is 0 Å². The number of rotatable bonds is 5. The fraction of sp³-hybridized carbons (Fsp3) is 0.263. The zero-order chi connectivity index (χ0) is 20.4. The number of fused-ring (bicyclic) bond motifs is 1.